The molecule has 25 heavy (non-hydrogen) atoms. The first kappa shape index (κ1) is 19.0. The molecule has 1 heterocycles. The van der Waals surface area contributed by atoms with Crippen LogP contribution >= 0.6 is 11.6 Å². The van der Waals surface area contributed by atoms with Crippen LogP contribution in [0.5, 0.6) is 0 Å². The molecule has 1 atom stereocenters. The van der Waals surface area contributed by atoms with E-state index >= 15 is 0 Å². The van der Waals surface area contributed by atoms with Gasteiger partial charge in [-0.25, -0.2) is 4.79 Å². The van der Waals surface area contributed by atoms with Crippen LogP contribution in [-0.2, 0) is 19.1 Å². The monoisotopic (exact) mass is 369 g/mol. The Labute approximate surface area is 150 Å². The average Bonchev–Trinajstić information content (AvgIpc) is 2.60. The SMILES string of the molecule is NC(=O)N[C@H](CC(=O)OCC(=O)N1CCOCC1)c1ccccc1Cl. The quantitative estimate of drug-likeness (QED) is 0.722. The van der Waals surface area contributed by atoms with Crippen LogP contribution in [0.3, 0.4) is 0 Å². The lowest BCUT2D eigenvalue weighted by molar-refractivity contribution is -0.154. The zero-order chi connectivity index (χ0) is 18.2. The van der Waals surface area contributed by atoms with Gasteiger partial charge in [0.15, 0.2) is 6.61 Å². The van der Waals surface area contributed by atoms with Crippen LogP contribution in [0.1, 0.15) is 18.0 Å². The number of esters is 1. The van der Waals surface area contributed by atoms with E-state index in [1.165, 1.54) is 0 Å². The molecule has 1 aliphatic heterocycles. The predicted octanol–water partition coefficient (Wildman–Crippen LogP) is 0.842. The van der Waals surface area contributed by atoms with Crippen molar-refractivity contribution in [1.29, 1.82) is 0 Å². The molecule has 3 N–H and O–H groups in total. The summed E-state index contributed by atoms with van der Waals surface area (Å²) >= 11 is 6.10. The number of carbonyl (C=O) groups excluding carboxylic acids is 3. The van der Waals surface area contributed by atoms with E-state index in [9.17, 15) is 14.4 Å². The summed E-state index contributed by atoms with van der Waals surface area (Å²) in [6, 6.07) is 5.24. The lowest BCUT2D eigenvalue weighted by Gasteiger charge is -2.26. The number of nitrogens with zero attached hydrogens (tertiary/aromatic N) is 1. The Kier molecular flexibility index (Phi) is 7.03. The Hall–Kier alpha value is -2.32. The number of nitrogens with one attached hydrogen (secondary N) is 1. The zero-order valence-corrected chi connectivity index (χ0v) is 14.3. The molecule has 1 aliphatic rings. The molecule has 0 saturated carbocycles. The third kappa shape index (κ3) is 5.91. The van der Waals surface area contributed by atoms with Gasteiger partial charge in [0.1, 0.15) is 0 Å². The molecular formula is C16H20ClN3O5. The first-order valence-electron chi connectivity index (χ1n) is 7.79. The first-order chi connectivity index (χ1) is 12.0. The van der Waals surface area contributed by atoms with Crippen molar-refractivity contribution >= 4 is 29.5 Å². The maximum absolute atomic E-state index is 12.1. The van der Waals surface area contributed by atoms with E-state index in [1.807, 2.05) is 0 Å². The molecule has 0 aliphatic carbocycles. The Morgan fingerprint density at radius 1 is 1.28 bits per heavy atom. The van der Waals surface area contributed by atoms with E-state index in [-0.39, 0.29) is 18.9 Å². The lowest BCUT2D eigenvalue weighted by Crippen LogP contribution is -2.43. The van der Waals surface area contributed by atoms with Gasteiger partial charge in [0, 0.05) is 18.1 Å². The summed E-state index contributed by atoms with van der Waals surface area (Å²) in [5.74, 6) is -0.922. The summed E-state index contributed by atoms with van der Waals surface area (Å²) in [5, 5.41) is 2.85. The molecule has 0 unspecified atom stereocenters. The molecule has 8 nitrogen and oxygen atoms in total. The summed E-state index contributed by atoms with van der Waals surface area (Å²) in [7, 11) is 0. The van der Waals surface area contributed by atoms with Gasteiger partial charge in [-0.2, -0.15) is 0 Å². The molecule has 3 amide bonds. The van der Waals surface area contributed by atoms with Gasteiger partial charge in [-0.1, -0.05) is 29.8 Å². The topological polar surface area (TPSA) is 111 Å². The fourth-order valence-corrected chi connectivity index (χ4v) is 2.71. The maximum Gasteiger partial charge on any atom is 0.312 e. The number of urea groups is 1. The highest BCUT2D eigenvalue weighted by molar-refractivity contribution is 6.31. The number of nitrogens with two attached hydrogens (primary N) is 1. The van der Waals surface area contributed by atoms with Crippen LogP contribution in [0.2, 0.25) is 5.02 Å². The Bertz CT molecular complexity index is 634. The van der Waals surface area contributed by atoms with Crippen LogP contribution < -0.4 is 11.1 Å². The van der Waals surface area contributed by atoms with Crippen molar-refractivity contribution in [3.63, 3.8) is 0 Å². The zero-order valence-electron chi connectivity index (χ0n) is 13.6. The molecular weight excluding hydrogens is 350 g/mol. The van der Waals surface area contributed by atoms with Gasteiger partial charge in [-0.05, 0) is 11.6 Å². The van der Waals surface area contributed by atoms with Gasteiger partial charge >= 0.3 is 12.0 Å². The molecule has 1 aromatic carbocycles. The van der Waals surface area contributed by atoms with Gasteiger partial charge in [-0.3, -0.25) is 9.59 Å². The number of rotatable bonds is 6. The number of halogens is 1. The van der Waals surface area contributed by atoms with Crippen molar-refractivity contribution in [2.24, 2.45) is 5.73 Å². The van der Waals surface area contributed by atoms with E-state index in [0.717, 1.165) is 0 Å². The Morgan fingerprint density at radius 2 is 1.96 bits per heavy atom. The Morgan fingerprint density at radius 3 is 2.60 bits per heavy atom. The van der Waals surface area contributed by atoms with Crippen molar-refractivity contribution in [3.8, 4) is 0 Å². The fraction of sp³-hybridized carbons (Fsp3) is 0.438. The van der Waals surface area contributed by atoms with E-state index in [1.54, 1.807) is 29.2 Å². The number of hydrogen-bond acceptors (Lipinski definition) is 5. The van der Waals surface area contributed by atoms with Crippen molar-refractivity contribution in [2.45, 2.75) is 12.5 Å². The molecule has 0 radical (unpaired) electrons. The minimum Gasteiger partial charge on any atom is -0.455 e. The largest absolute Gasteiger partial charge is 0.455 e. The summed E-state index contributed by atoms with van der Waals surface area (Å²) in [6.07, 6.45) is -0.191. The second-order valence-electron chi connectivity index (χ2n) is 5.44. The van der Waals surface area contributed by atoms with E-state index in [4.69, 9.17) is 26.8 Å². The average molecular weight is 370 g/mol. The van der Waals surface area contributed by atoms with E-state index in [2.05, 4.69) is 5.32 Å². The number of primary amides is 1. The second-order valence-corrected chi connectivity index (χ2v) is 5.85. The molecule has 0 spiro atoms. The maximum atomic E-state index is 12.1. The summed E-state index contributed by atoms with van der Waals surface area (Å²) in [5.41, 5.74) is 5.70. The van der Waals surface area contributed by atoms with Crippen LogP contribution in [0.4, 0.5) is 4.79 Å². The van der Waals surface area contributed by atoms with Crippen molar-refractivity contribution in [2.75, 3.05) is 32.9 Å². The molecule has 1 fully saturated rings. The van der Waals surface area contributed by atoms with Crippen molar-refractivity contribution in [3.05, 3.63) is 34.9 Å². The molecule has 136 valence electrons. The molecule has 0 aromatic heterocycles. The van der Waals surface area contributed by atoms with Crippen LogP contribution in [0.15, 0.2) is 24.3 Å². The standard InChI is InChI=1S/C16H20ClN3O5/c17-12-4-2-1-3-11(12)13(19-16(18)23)9-15(22)25-10-14(21)20-5-7-24-8-6-20/h1-4,13H,5-10H2,(H3,18,19,23)/t13-/m1/s1. The summed E-state index contributed by atoms with van der Waals surface area (Å²) in [4.78, 5) is 36.8. The number of benzene rings is 1. The fourth-order valence-electron chi connectivity index (χ4n) is 2.44. The smallest absolute Gasteiger partial charge is 0.312 e. The normalized spacial score (nSPS) is 15.3. The number of hydrogen-bond donors (Lipinski definition) is 2. The van der Waals surface area contributed by atoms with Crippen LogP contribution in [0, 0.1) is 0 Å². The highest BCUT2D eigenvalue weighted by Crippen LogP contribution is 2.25. The molecule has 9 heteroatoms. The number of amides is 3. The molecule has 2 rings (SSSR count). The van der Waals surface area contributed by atoms with E-state index < -0.39 is 18.0 Å². The first-order valence-corrected chi connectivity index (χ1v) is 8.16. The number of carbonyl (C=O) groups is 3. The van der Waals surface area contributed by atoms with Gasteiger partial charge in [0.25, 0.3) is 5.91 Å². The summed E-state index contributed by atoms with van der Waals surface area (Å²) in [6.45, 7) is 1.53. The number of ether oxygens (including phenoxy) is 2. The molecule has 1 aromatic rings. The second kappa shape index (κ2) is 9.24. The summed E-state index contributed by atoms with van der Waals surface area (Å²) < 4.78 is 10.2. The van der Waals surface area contributed by atoms with Gasteiger partial charge in [-0.15, -0.1) is 0 Å². The highest BCUT2D eigenvalue weighted by Gasteiger charge is 2.22. The van der Waals surface area contributed by atoms with Gasteiger partial charge < -0.3 is 25.4 Å². The van der Waals surface area contributed by atoms with Crippen molar-refractivity contribution < 1.29 is 23.9 Å². The third-order valence-electron chi connectivity index (χ3n) is 3.69. The van der Waals surface area contributed by atoms with E-state index in [0.29, 0.717) is 36.9 Å². The third-order valence-corrected chi connectivity index (χ3v) is 4.03. The minimum atomic E-state index is -0.790. The molecule has 0 bridgehead atoms. The number of morpholine rings is 1. The minimum absolute atomic E-state index is 0.191. The predicted molar refractivity (Wildman–Crippen MR) is 89.9 cm³/mol. The highest BCUT2D eigenvalue weighted by atomic mass is 35.5. The molecule has 1 saturated heterocycles. The van der Waals surface area contributed by atoms with Crippen molar-refractivity contribution in [1.82, 2.24) is 10.2 Å². The Balaban J connectivity index is 1.91. The van der Waals surface area contributed by atoms with Crippen LogP contribution in [-0.4, -0.2) is 55.7 Å². The van der Waals surface area contributed by atoms with Gasteiger partial charge in [0.05, 0.1) is 25.7 Å². The lowest BCUT2D eigenvalue weighted by atomic mass is 10.0. The van der Waals surface area contributed by atoms with Crippen LogP contribution in [0.25, 0.3) is 0 Å². The van der Waals surface area contributed by atoms with Gasteiger partial charge in [0.2, 0.25) is 0 Å².